The SMILES string of the molecule is O=CCc1ccccc1C#Cc1ccccc1C#CI. The molecular weight excluding hydrogens is 359 g/mol. The number of halogens is 1. The van der Waals surface area contributed by atoms with Crippen molar-refractivity contribution in [2.75, 3.05) is 0 Å². The summed E-state index contributed by atoms with van der Waals surface area (Å²) in [5.41, 5.74) is 3.66. The van der Waals surface area contributed by atoms with Gasteiger partial charge in [-0.15, -0.1) is 0 Å². The fraction of sp³-hybridized carbons (Fsp3) is 0.0556. The molecule has 0 amide bonds. The third-order valence-electron chi connectivity index (χ3n) is 2.76. The molecule has 0 spiro atoms. The monoisotopic (exact) mass is 370 g/mol. The number of aldehydes is 1. The minimum atomic E-state index is 0.389. The summed E-state index contributed by atoms with van der Waals surface area (Å²) >= 11 is 2.02. The van der Waals surface area contributed by atoms with Crippen LogP contribution in [0.5, 0.6) is 0 Å². The Morgan fingerprint density at radius 3 is 2.05 bits per heavy atom. The topological polar surface area (TPSA) is 17.1 Å². The Morgan fingerprint density at radius 2 is 1.40 bits per heavy atom. The Labute approximate surface area is 132 Å². The minimum absolute atomic E-state index is 0.389. The highest BCUT2D eigenvalue weighted by molar-refractivity contribution is 14.1. The Bertz CT molecular complexity index is 739. The van der Waals surface area contributed by atoms with Crippen molar-refractivity contribution in [1.82, 2.24) is 0 Å². The Kier molecular flexibility index (Phi) is 5.41. The highest BCUT2D eigenvalue weighted by Gasteiger charge is 1.98. The van der Waals surface area contributed by atoms with Gasteiger partial charge in [0.15, 0.2) is 0 Å². The first-order valence-corrected chi connectivity index (χ1v) is 7.17. The van der Waals surface area contributed by atoms with Gasteiger partial charge < -0.3 is 4.79 Å². The number of hydrogen-bond donors (Lipinski definition) is 0. The van der Waals surface area contributed by atoms with Gasteiger partial charge in [-0.1, -0.05) is 48.1 Å². The van der Waals surface area contributed by atoms with Gasteiger partial charge in [-0.05, 0) is 27.7 Å². The van der Waals surface area contributed by atoms with Crippen LogP contribution in [0, 0.1) is 21.7 Å². The molecule has 0 bridgehead atoms. The van der Waals surface area contributed by atoms with Crippen molar-refractivity contribution in [2.45, 2.75) is 6.42 Å². The smallest absolute Gasteiger partial charge is 0.124 e. The molecule has 0 atom stereocenters. The van der Waals surface area contributed by atoms with Crippen LogP contribution >= 0.6 is 22.6 Å². The van der Waals surface area contributed by atoms with Crippen LogP contribution in [0.15, 0.2) is 48.5 Å². The maximum atomic E-state index is 10.7. The first-order valence-electron chi connectivity index (χ1n) is 6.09. The molecule has 0 heterocycles. The summed E-state index contributed by atoms with van der Waals surface area (Å²) in [5.74, 6) is 9.31. The lowest BCUT2D eigenvalue weighted by molar-refractivity contribution is -0.107. The lowest BCUT2D eigenvalue weighted by atomic mass is 10.0. The third kappa shape index (κ3) is 3.73. The summed E-state index contributed by atoms with van der Waals surface area (Å²) in [5, 5.41) is 0. The van der Waals surface area contributed by atoms with E-state index in [2.05, 4.69) is 21.7 Å². The highest BCUT2D eigenvalue weighted by atomic mass is 127. The molecule has 0 saturated heterocycles. The number of benzene rings is 2. The predicted octanol–water partition coefficient (Wildman–Crippen LogP) is 3.57. The summed E-state index contributed by atoms with van der Waals surface area (Å²) in [6.45, 7) is 0. The lowest BCUT2D eigenvalue weighted by Crippen LogP contribution is -1.90. The van der Waals surface area contributed by atoms with E-state index in [9.17, 15) is 4.79 Å². The van der Waals surface area contributed by atoms with Crippen LogP contribution in [0.2, 0.25) is 0 Å². The maximum Gasteiger partial charge on any atom is 0.124 e. The standard InChI is InChI=1S/C18H11IO/c19-13-11-17-7-3-1-5-15(17)9-10-16-6-2-4-8-18(16)12-14-20/h1-8,14H,12H2. The molecule has 2 rings (SSSR count). The van der Waals surface area contributed by atoms with E-state index < -0.39 is 0 Å². The van der Waals surface area contributed by atoms with Gasteiger partial charge in [-0.25, -0.2) is 0 Å². The second-order valence-electron chi connectivity index (χ2n) is 4.04. The number of rotatable bonds is 2. The first-order chi connectivity index (χ1) is 9.85. The van der Waals surface area contributed by atoms with Crippen LogP contribution in [-0.2, 0) is 11.2 Å². The summed E-state index contributed by atoms with van der Waals surface area (Å²) in [7, 11) is 0. The quantitative estimate of drug-likeness (QED) is 0.449. The molecule has 0 fully saturated rings. The molecule has 0 unspecified atom stereocenters. The fourth-order valence-corrected chi connectivity index (χ4v) is 2.09. The number of carbonyl (C=O) groups is 1. The van der Waals surface area contributed by atoms with Gasteiger partial charge in [-0.2, -0.15) is 0 Å². The van der Waals surface area contributed by atoms with E-state index >= 15 is 0 Å². The van der Waals surface area contributed by atoms with Crippen molar-refractivity contribution in [1.29, 1.82) is 0 Å². The predicted molar refractivity (Wildman–Crippen MR) is 89.5 cm³/mol. The van der Waals surface area contributed by atoms with E-state index in [1.807, 2.05) is 71.1 Å². The van der Waals surface area contributed by atoms with Crippen LogP contribution in [0.3, 0.4) is 0 Å². The summed E-state index contributed by atoms with van der Waals surface area (Å²) in [4.78, 5) is 10.7. The van der Waals surface area contributed by atoms with Crippen molar-refractivity contribution in [3.63, 3.8) is 0 Å². The number of hydrogen-bond acceptors (Lipinski definition) is 1. The van der Waals surface area contributed by atoms with Gasteiger partial charge in [0.2, 0.25) is 0 Å². The molecule has 96 valence electrons. The van der Waals surface area contributed by atoms with Gasteiger partial charge in [-0.3, -0.25) is 0 Å². The molecule has 0 saturated carbocycles. The minimum Gasteiger partial charge on any atom is -0.303 e. The van der Waals surface area contributed by atoms with Crippen LogP contribution in [0.4, 0.5) is 0 Å². The van der Waals surface area contributed by atoms with Gasteiger partial charge in [0.25, 0.3) is 0 Å². The largest absolute Gasteiger partial charge is 0.303 e. The van der Waals surface area contributed by atoms with Crippen molar-refractivity contribution in [3.8, 4) is 21.7 Å². The van der Waals surface area contributed by atoms with Crippen LogP contribution in [0.25, 0.3) is 0 Å². The summed E-state index contributed by atoms with van der Waals surface area (Å²) in [6.07, 6.45) is 1.29. The van der Waals surface area contributed by atoms with Gasteiger partial charge in [0.05, 0.1) is 0 Å². The van der Waals surface area contributed by atoms with E-state index in [1.54, 1.807) is 0 Å². The average molecular weight is 370 g/mol. The summed E-state index contributed by atoms with van der Waals surface area (Å²) < 4.78 is 2.86. The molecular formula is C18H11IO. The number of carbonyl (C=O) groups excluding carboxylic acids is 1. The van der Waals surface area contributed by atoms with Gasteiger partial charge in [0, 0.05) is 45.7 Å². The van der Waals surface area contributed by atoms with Gasteiger partial charge in [0.1, 0.15) is 6.29 Å². The third-order valence-corrected chi connectivity index (χ3v) is 3.03. The highest BCUT2D eigenvalue weighted by Crippen LogP contribution is 2.09. The van der Waals surface area contributed by atoms with Gasteiger partial charge >= 0.3 is 0 Å². The van der Waals surface area contributed by atoms with Crippen LogP contribution < -0.4 is 0 Å². The lowest BCUT2D eigenvalue weighted by Gasteiger charge is -1.99. The second kappa shape index (κ2) is 7.53. The van der Waals surface area contributed by atoms with Crippen molar-refractivity contribution in [3.05, 3.63) is 70.8 Å². The van der Waals surface area contributed by atoms with Crippen LogP contribution in [-0.4, -0.2) is 6.29 Å². The van der Waals surface area contributed by atoms with E-state index in [0.717, 1.165) is 28.5 Å². The molecule has 2 aromatic rings. The van der Waals surface area contributed by atoms with E-state index in [0.29, 0.717) is 6.42 Å². The molecule has 0 radical (unpaired) electrons. The molecule has 2 aromatic carbocycles. The normalized spacial score (nSPS) is 8.85. The van der Waals surface area contributed by atoms with Crippen molar-refractivity contribution >= 4 is 28.9 Å². The van der Waals surface area contributed by atoms with E-state index in [4.69, 9.17) is 0 Å². The molecule has 0 aromatic heterocycles. The summed E-state index contributed by atoms with van der Waals surface area (Å²) in [6, 6.07) is 15.5. The van der Waals surface area contributed by atoms with E-state index in [1.165, 1.54) is 0 Å². The Morgan fingerprint density at radius 1 is 0.850 bits per heavy atom. The van der Waals surface area contributed by atoms with Crippen molar-refractivity contribution in [2.24, 2.45) is 0 Å². The zero-order valence-corrected chi connectivity index (χ0v) is 12.8. The second-order valence-corrected chi connectivity index (χ2v) is 4.58. The average Bonchev–Trinajstić information content (AvgIpc) is 2.48. The molecule has 1 nitrogen and oxygen atoms in total. The molecule has 2 heteroatoms. The zero-order valence-electron chi connectivity index (χ0n) is 10.7. The van der Waals surface area contributed by atoms with Crippen molar-refractivity contribution < 1.29 is 4.79 Å². The zero-order chi connectivity index (χ0) is 14.2. The van der Waals surface area contributed by atoms with Crippen LogP contribution in [0.1, 0.15) is 22.3 Å². The molecule has 0 aliphatic carbocycles. The first kappa shape index (κ1) is 14.4. The maximum absolute atomic E-state index is 10.7. The molecule has 0 N–H and O–H groups in total. The fourth-order valence-electron chi connectivity index (χ4n) is 1.80. The Hall–Kier alpha value is -2.04. The van der Waals surface area contributed by atoms with E-state index in [-0.39, 0.29) is 0 Å². The molecule has 0 aliphatic rings. The molecule has 0 aliphatic heterocycles. The molecule has 20 heavy (non-hydrogen) atoms. The Balaban J connectivity index is 2.40.